The van der Waals surface area contributed by atoms with Crippen molar-refractivity contribution in [3.63, 3.8) is 0 Å². The summed E-state index contributed by atoms with van der Waals surface area (Å²) < 4.78 is 37.0. The fourth-order valence-electron chi connectivity index (χ4n) is 7.27. The SMILES string of the molecule is COc1ccc2cc1Oc1ccc(cc1)C[C@@H]1c3cc(OC)c(cc3CCN1C)Oc1c3c(cc(OC)c1OC)[C@@H](C2)N(C)CC3. The summed E-state index contributed by atoms with van der Waals surface area (Å²) >= 11 is 0. The number of fused-ring (bicyclic) bond motifs is 1. The quantitative estimate of drug-likeness (QED) is 0.238. The fourth-order valence-corrected chi connectivity index (χ4v) is 7.27. The molecule has 0 N–H and O–H groups in total. The summed E-state index contributed by atoms with van der Waals surface area (Å²) in [6.07, 6.45) is 3.35. The molecule has 0 amide bonds. The lowest BCUT2D eigenvalue weighted by molar-refractivity contribution is 0.224. The molecule has 0 aromatic heterocycles. The third kappa shape index (κ3) is 5.39. The van der Waals surface area contributed by atoms with Gasteiger partial charge >= 0.3 is 0 Å². The van der Waals surface area contributed by atoms with E-state index >= 15 is 0 Å². The molecule has 240 valence electrons. The molecule has 8 nitrogen and oxygen atoms in total. The zero-order valence-corrected chi connectivity index (χ0v) is 27.5. The molecule has 0 fully saturated rings. The predicted molar refractivity (Wildman–Crippen MR) is 178 cm³/mol. The number of likely N-dealkylation sites (N-methyl/N-ethyl adjacent to an activating group) is 2. The number of methoxy groups -OCH3 is 4. The minimum absolute atomic E-state index is 0.0683. The van der Waals surface area contributed by atoms with Crippen LogP contribution in [0.25, 0.3) is 0 Å². The molecule has 0 saturated carbocycles. The van der Waals surface area contributed by atoms with Crippen LogP contribution in [0.15, 0.2) is 60.7 Å². The van der Waals surface area contributed by atoms with Crippen molar-refractivity contribution in [1.82, 2.24) is 9.80 Å². The van der Waals surface area contributed by atoms with E-state index in [1.54, 1.807) is 28.4 Å². The van der Waals surface area contributed by atoms with Gasteiger partial charge in [-0.25, -0.2) is 0 Å². The highest BCUT2D eigenvalue weighted by Gasteiger charge is 2.33. The molecule has 46 heavy (non-hydrogen) atoms. The first-order valence-corrected chi connectivity index (χ1v) is 15.9. The molecule has 5 heterocycles. The summed E-state index contributed by atoms with van der Waals surface area (Å²) in [6, 6.07) is 21.3. The first-order chi connectivity index (χ1) is 22.4. The van der Waals surface area contributed by atoms with Crippen LogP contribution >= 0.6 is 0 Å². The van der Waals surface area contributed by atoms with Gasteiger partial charge in [-0.2, -0.15) is 0 Å². The summed E-state index contributed by atoms with van der Waals surface area (Å²) in [5, 5.41) is 0. The van der Waals surface area contributed by atoms with Crippen molar-refractivity contribution in [2.45, 2.75) is 37.8 Å². The molecule has 4 aromatic rings. The second kappa shape index (κ2) is 12.4. The van der Waals surface area contributed by atoms with Gasteiger partial charge in [0, 0.05) is 30.7 Å². The second-order valence-corrected chi connectivity index (χ2v) is 12.4. The minimum atomic E-state index is 0.0683. The van der Waals surface area contributed by atoms with Crippen LogP contribution in [0.2, 0.25) is 0 Å². The molecule has 9 rings (SSSR count). The lowest BCUT2D eigenvalue weighted by atomic mass is 9.87. The van der Waals surface area contributed by atoms with Crippen molar-refractivity contribution in [1.29, 1.82) is 0 Å². The Bertz CT molecular complexity index is 1750. The summed E-state index contributed by atoms with van der Waals surface area (Å²) in [5.74, 6) is 5.46. The van der Waals surface area contributed by atoms with E-state index in [-0.39, 0.29) is 12.1 Å². The summed E-state index contributed by atoms with van der Waals surface area (Å²) in [5.41, 5.74) is 7.18. The zero-order chi connectivity index (χ0) is 31.9. The predicted octanol–water partition coefficient (Wildman–Crippen LogP) is 7.16. The first kappa shape index (κ1) is 30.3. The van der Waals surface area contributed by atoms with Crippen molar-refractivity contribution in [3.8, 4) is 46.0 Å². The molecule has 8 heteroatoms. The largest absolute Gasteiger partial charge is 0.493 e. The number of hydrogen-bond donors (Lipinski definition) is 0. The maximum atomic E-state index is 6.90. The van der Waals surface area contributed by atoms with Gasteiger partial charge in [0.05, 0.1) is 28.4 Å². The van der Waals surface area contributed by atoms with Crippen molar-refractivity contribution in [3.05, 3.63) is 94.0 Å². The number of ether oxygens (including phenoxy) is 6. The molecular weight excluding hydrogens is 580 g/mol. The van der Waals surface area contributed by atoms with Crippen LogP contribution in [-0.2, 0) is 25.7 Å². The summed E-state index contributed by atoms with van der Waals surface area (Å²) in [7, 11) is 11.1. The van der Waals surface area contributed by atoms with Crippen molar-refractivity contribution >= 4 is 0 Å². The smallest absolute Gasteiger partial charge is 0.204 e. The van der Waals surface area contributed by atoms with E-state index in [4.69, 9.17) is 28.4 Å². The number of rotatable bonds is 4. The van der Waals surface area contributed by atoms with Crippen molar-refractivity contribution < 1.29 is 28.4 Å². The number of benzene rings is 4. The van der Waals surface area contributed by atoms with Crippen LogP contribution in [-0.4, -0.2) is 65.4 Å². The molecule has 4 aromatic carbocycles. The molecule has 0 aliphatic carbocycles. The minimum Gasteiger partial charge on any atom is -0.493 e. The van der Waals surface area contributed by atoms with Gasteiger partial charge in [-0.1, -0.05) is 18.2 Å². The zero-order valence-electron chi connectivity index (χ0n) is 27.5. The van der Waals surface area contributed by atoms with Gasteiger partial charge in [0.25, 0.3) is 0 Å². The molecule has 0 radical (unpaired) electrons. The van der Waals surface area contributed by atoms with Crippen LogP contribution in [0.5, 0.6) is 46.0 Å². The van der Waals surface area contributed by atoms with Gasteiger partial charge in [0.1, 0.15) is 5.75 Å². The Morgan fingerprint density at radius 2 is 1.24 bits per heavy atom. The van der Waals surface area contributed by atoms with E-state index in [0.29, 0.717) is 40.2 Å². The van der Waals surface area contributed by atoms with Crippen LogP contribution < -0.4 is 28.4 Å². The monoisotopic (exact) mass is 622 g/mol. The van der Waals surface area contributed by atoms with E-state index in [0.717, 1.165) is 61.2 Å². The van der Waals surface area contributed by atoms with E-state index in [1.807, 2.05) is 18.2 Å². The maximum Gasteiger partial charge on any atom is 0.204 e. The van der Waals surface area contributed by atoms with Crippen molar-refractivity contribution in [2.24, 2.45) is 0 Å². The molecular formula is C38H42N2O6. The van der Waals surface area contributed by atoms with Gasteiger partial charge in [-0.05, 0) is 110 Å². The second-order valence-electron chi connectivity index (χ2n) is 12.4. The highest BCUT2D eigenvalue weighted by Crippen LogP contribution is 2.51. The molecule has 2 atom stereocenters. The van der Waals surface area contributed by atoms with Crippen LogP contribution in [0, 0.1) is 0 Å². The van der Waals surface area contributed by atoms with Crippen LogP contribution in [0.4, 0.5) is 0 Å². The Hall–Kier alpha value is -4.40. The highest BCUT2D eigenvalue weighted by atomic mass is 16.5. The van der Waals surface area contributed by atoms with Gasteiger partial charge in [-0.3, -0.25) is 9.80 Å². The Kier molecular flexibility index (Phi) is 8.17. The topological polar surface area (TPSA) is 61.9 Å². The van der Waals surface area contributed by atoms with Crippen LogP contribution in [0.3, 0.4) is 0 Å². The first-order valence-electron chi connectivity index (χ1n) is 15.9. The van der Waals surface area contributed by atoms with E-state index in [9.17, 15) is 0 Å². The standard InChI is InChI=1S/C38H42N2O6/c1-39-15-13-25-20-35-33(42-4)21-28(25)30(39)17-23-7-10-26(11-8-23)45-34-19-24(9-12-32(34)41-3)18-31-29-22-36(43-5)38(44-6)37(46-35)27(29)14-16-40(31)2/h7-12,19-22,30-31H,13-18H2,1-6H3/t30-,31-/m1/s1. The normalized spacial score (nSPS) is 19.2. The Morgan fingerprint density at radius 3 is 1.96 bits per heavy atom. The average Bonchev–Trinajstić information content (AvgIpc) is 3.07. The Balaban J connectivity index is 1.44. The van der Waals surface area contributed by atoms with Gasteiger partial charge in [0.15, 0.2) is 34.5 Å². The Morgan fingerprint density at radius 1 is 0.609 bits per heavy atom. The lowest BCUT2D eigenvalue weighted by Gasteiger charge is -2.37. The lowest BCUT2D eigenvalue weighted by Crippen LogP contribution is -2.34. The fraction of sp³-hybridized carbons (Fsp3) is 0.368. The molecule has 0 unspecified atom stereocenters. The van der Waals surface area contributed by atoms with E-state index in [1.165, 1.54) is 16.7 Å². The molecule has 5 aliphatic rings. The van der Waals surface area contributed by atoms with Gasteiger partial charge in [-0.15, -0.1) is 0 Å². The van der Waals surface area contributed by atoms with Crippen molar-refractivity contribution in [2.75, 3.05) is 55.6 Å². The maximum absolute atomic E-state index is 6.90. The molecule has 0 spiro atoms. The van der Waals surface area contributed by atoms with E-state index < -0.39 is 0 Å². The molecule has 0 saturated heterocycles. The third-order valence-electron chi connectivity index (χ3n) is 9.87. The third-order valence-corrected chi connectivity index (χ3v) is 9.87. The average molecular weight is 623 g/mol. The van der Waals surface area contributed by atoms with E-state index in [2.05, 4.69) is 66.4 Å². The van der Waals surface area contributed by atoms with Crippen LogP contribution in [0.1, 0.15) is 45.5 Å². The number of nitrogens with zero attached hydrogens (tertiary/aromatic N) is 2. The van der Waals surface area contributed by atoms with Gasteiger partial charge in [0.2, 0.25) is 5.75 Å². The van der Waals surface area contributed by atoms with Gasteiger partial charge < -0.3 is 28.4 Å². The molecule has 5 aliphatic heterocycles. The Labute approximate surface area is 271 Å². The summed E-state index contributed by atoms with van der Waals surface area (Å²) in [4.78, 5) is 4.82. The summed E-state index contributed by atoms with van der Waals surface area (Å²) in [6.45, 7) is 1.82. The highest BCUT2D eigenvalue weighted by molar-refractivity contribution is 5.63. The number of hydrogen-bond acceptors (Lipinski definition) is 8. The molecule has 12 bridgehead atoms.